The van der Waals surface area contributed by atoms with E-state index in [1.807, 2.05) is 6.07 Å². The molecule has 2 rings (SSSR count). The summed E-state index contributed by atoms with van der Waals surface area (Å²) < 4.78 is 10.9. The minimum atomic E-state index is -0.0204. The molecule has 1 atom stereocenters. The molecular formula is C15H24N2O2. The first-order valence-electron chi connectivity index (χ1n) is 6.91. The molecule has 1 aliphatic rings. The average Bonchev–Trinajstić information content (AvgIpc) is 2.67. The number of rotatable bonds is 4. The molecule has 1 aliphatic heterocycles. The Morgan fingerprint density at radius 1 is 1.37 bits per heavy atom. The second kappa shape index (κ2) is 6.89. The van der Waals surface area contributed by atoms with E-state index in [1.54, 1.807) is 7.11 Å². The number of methoxy groups -OCH3 is 1. The first kappa shape index (κ1) is 14.3. The molecule has 1 aromatic rings. The van der Waals surface area contributed by atoms with Crippen LogP contribution in [0, 0.1) is 6.92 Å². The lowest BCUT2D eigenvalue weighted by atomic mass is 10.0. The van der Waals surface area contributed by atoms with Gasteiger partial charge in [-0.3, -0.25) is 4.90 Å². The number of ether oxygens (including phenoxy) is 2. The van der Waals surface area contributed by atoms with Crippen LogP contribution in [0.4, 0.5) is 0 Å². The zero-order valence-corrected chi connectivity index (χ0v) is 11.9. The third kappa shape index (κ3) is 3.93. The van der Waals surface area contributed by atoms with Crippen molar-refractivity contribution in [2.24, 2.45) is 5.73 Å². The van der Waals surface area contributed by atoms with Gasteiger partial charge >= 0.3 is 0 Å². The predicted octanol–water partition coefficient (Wildman–Crippen LogP) is 1.73. The highest BCUT2D eigenvalue weighted by atomic mass is 16.5. The smallest absolute Gasteiger partial charge is 0.123 e. The van der Waals surface area contributed by atoms with Crippen molar-refractivity contribution in [3.63, 3.8) is 0 Å². The van der Waals surface area contributed by atoms with E-state index in [2.05, 4.69) is 24.0 Å². The van der Waals surface area contributed by atoms with E-state index in [-0.39, 0.29) is 6.04 Å². The Labute approximate surface area is 115 Å². The number of hydrogen-bond donors (Lipinski definition) is 1. The lowest BCUT2D eigenvalue weighted by Crippen LogP contribution is -2.34. The topological polar surface area (TPSA) is 47.7 Å². The molecule has 19 heavy (non-hydrogen) atoms. The number of nitrogens with zero attached hydrogens (tertiary/aromatic N) is 1. The molecule has 1 fully saturated rings. The Morgan fingerprint density at radius 2 is 2.21 bits per heavy atom. The second-order valence-electron chi connectivity index (χ2n) is 5.12. The Balaban J connectivity index is 2.05. The third-order valence-electron chi connectivity index (χ3n) is 3.55. The SMILES string of the molecule is COc1ccc(C)cc1C(N)CN1CCCOCC1. The fourth-order valence-electron chi connectivity index (χ4n) is 2.50. The zero-order chi connectivity index (χ0) is 13.7. The molecule has 0 bridgehead atoms. The van der Waals surface area contributed by atoms with Gasteiger partial charge in [-0.05, 0) is 19.4 Å². The minimum absolute atomic E-state index is 0.0204. The highest BCUT2D eigenvalue weighted by Crippen LogP contribution is 2.25. The van der Waals surface area contributed by atoms with Crippen molar-refractivity contribution in [1.82, 2.24) is 4.90 Å². The quantitative estimate of drug-likeness (QED) is 0.899. The van der Waals surface area contributed by atoms with E-state index in [1.165, 1.54) is 5.56 Å². The number of aryl methyl sites for hydroxylation is 1. The Hall–Kier alpha value is -1.10. The summed E-state index contributed by atoms with van der Waals surface area (Å²) in [5.41, 5.74) is 8.66. The molecule has 106 valence electrons. The highest BCUT2D eigenvalue weighted by Gasteiger charge is 2.17. The van der Waals surface area contributed by atoms with Crippen LogP contribution >= 0.6 is 0 Å². The first-order chi connectivity index (χ1) is 9.20. The van der Waals surface area contributed by atoms with Gasteiger partial charge < -0.3 is 15.2 Å². The first-order valence-corrected chi connectivity index (χ1v) is 6.91. The van der Waals surface area contributed by atoms with E-state index < -0.39 is 0 Å². The van der Waals surface area contributed by atoms with Crippen LogP contribution in [0.25, 0.3) is 0 Å². The Kier molecular flexibility index (Phi) is 5.19. The molecule has 1 unspecified atom stereocenters. The van der Waals surface area contributed by atoms with Crippen LogP contribution in [-0.2, 0) is 4.74 Å². The lowest BCUT2D eigenvalue weighted by Gasteiger charge is -2.24. The van der Waals surface area contributed by atoms with Crippen molar-refractivity contribution >= 4 is 0 Å². The molecule has 4 heteroatoms. The predicted molar refractivity (Wildman–Crippen MR) is 76.5 cm³/mol. The molecule has 0 spiro atoms. The van der Waals surface area contributed by atoms with Crippen LogP contribution in [0.2, 0.25) is 0 Å². The van der Waals surface area contributed by atoms with Crippen molar-refractivity contribution in [3.05, 3.63) is 29.3 Å². The number of nitrogens with two attached hydrogens (primary N) is 1. The number of hydrogen-bond acceptors (Lipinski definition) is 4. The van der Waals surface area contributed by atoms with Gasteiger partial charge in [0.1, 0.15) is 5.75 Å². The summed E-state index contributed by atoms with van der Waals surface area (Å²) >= 11 is 0. The van der Waals surface area contributed by atoms with Crippen LogP contribution in [-0.4, -0.2) is 44.9 Å². The summed E-state index contributed by atoms with van der Waals surface area (Å²) in [7, 11) is 1.70. The third-order valence-corrected chi connectivity index (χ3v) is 3.55. The second-order valence-corrected chi connectivity index (χ2v) is 5.12. The molecule has 0 aliphatic carbocycles. The largest absolute Gasteiger partial charge is 0.496 e. The molecule has 0 radical (unpaired) electrons. The van der Waals surface area contributed by atoms with Crippen molar-refractivity contribution in [3.8, 4) is 5.75 Å². The van der Waals surface area contributed by atoms with E-state index >= 15 is 0 Å². The fraction of sp³-hybridized carbons (Fsp3) is 0.600. The van der Waals surface area contributed by atoms with E-state index in [4.69, 9.17) is 15.2 Å². The lowest BCUT2D eigenvalue weighted by molar-refractivity contribution is 0.140. The Morgan fingerprint density at radius 3 is 3.00 bits per heavy atom. The van der Waals surface area contributed by atoms with Crippen molar-refractivity contribution < 1.29 is 9.47 Å². The molecule has 1 aromatic carbocycles. The molecule has 2 N–H and O–H groups in total. The maximum Gasteiger partial charge on any atom is 0.123 e. The molecule has 0 aromatic heterocycles. The van der Waals surface area contributed by atoms with Crippen molar-refractivity contribution in [2.45, 2.75) is 19.4 Å². The fourth-order valence-corrected chi connectivity index (χ4v) is 2.50. The average molecular weight is 264 g/mol. The van der Waals surface area contributed by atoms with Crippen LogP contribution in [0.15, 0.2) is 18.2 Å². The van der Waals surface area contributed by atoms with E-state index in [9.17, 15) is 0 Å². The highest BCUT2D eigenvalue weighted by molar-refractivity contribution is 5.39. The molecular weight excluding hydrogens is 240 g/mol. The number of benzene rings is 1. The summed E-state index contributed by atoms with van der Waals surface area (Å²) in [5, 5.41) is 0. The van der Waals surface area contributed by atoms with Gasteiger partial charge in [0.15, 0.2) is 0 Å². The monoisotopic (exact) mass is 264 g/mol. The molecule has 4 nitrogen and oxygen atoms in total. The maximum absolute atomic E-state index is 6.36. The summed E-state index contributed by atoms with van der Waals surface area (Å²) in [6.07, 6.45) is 1.08. The van der Waals surface area contributed by atoms with Gasteiger partial charge in [0, 0.05) is 37.8 Å². The summed E-state index contributed by atoms with van der Waals surface area (Å²) in [4.78, 5) is 2.37. The van der Waals surface area contributed by atoms with Crippen LogP contribution in [0.3, 0.4) is 0 Å². The standard InChI is InChI=1S/C15H24N2O2/c1-12-4-5-15(18-2)13(10-12)14(16)11-17-6-3-8-19-9-7-17/h4-5,10,14H,3,6-9,11,16H2,1-2H3. The molecule has 1 heterocycles. The van der Waals surface area contributed by atoms with Crippen LogP contribution < -0.4 is 10.5 Å². The summed E-state index contributed by atoms with van der Waals surface area (Å²) in [5.74, 6) is 0.879. The van der Waals surface area contributed by atoms with Gasteiger partial charge in [-0.25, -0.2) is 0 Å². The van der Waals surface area contributed by atoms with Gasteiger partial charge in [-0.2, -0.15) is 0 Å². The maximum atomic E-state index is 6.36. The van der Waals surface area contributed by atoms with Crippen LogP contribution in [0.5, 0.6) is 5.75 Å². The van der Waals surface area contributed by atoms with Gasteiger partial charge in [0.25, 0.3) is 0 Å². The van der Waals surface area contributed by atoms with Crippen molar-refractivity contribution in [1.29, 1.82) is 0 Å². The molecule has 1 saturated heterocycles. The normalized spacial score (nSPS) is 18.9. The minimum Gasteiger partial charge on any atom is -0.496 e. The van der Waals surface area contributed by atoms with E-state index in [0.717, 1.165) is 50.6 Å². The molecule has 0 saturated carbocycles. The molecule has 0 amide bonds. The zero-order valence-electron chi connectivity index (χ0n) is 11.9. The van der Waals surface area contributed by atoms with E-state index in [0.29, 0.717) is 0 Å². The van der Waals surface area contributed by atoms with Crippen molar-refractivity contribution in [2.75, 3.05) is 40.0 Å². The van der Waals surface area contributed by atoms with Gasteiger partial charge in [0.05, 0.1) is 13.7 Å². The van der Waals surface area contributed by atoms with Gasteiger partial charge in [-0.15, -0.1) is 0 Å². The summed E-state index contributed by atoms with van der Waals surface area (Å²) in [6, 6.07) is 6.15. The summed E-state index contributed by atoms with van der Waals surface area (Å²) in [6.45, 7) is 6.61. The van der Waals surface area contributed by atoms with Crippen LogP contribution in [0.1, 0.15) is 23.6 Å². The Bertz CT molecular complexity index is 401. The van der Waals surface area contributed by atoms with Gasteiger partial charge in [-0.1, -0.05) is 17.7 Å². The van der Waals surface area contributed by atoms with Gasteiger partial charge in [0.2, 0.25) is 0 Å².